The van der Waals surface area contributed by atoms with Crippen molar-refractivity contribution in [2.45, 2.75) is 25.8 Å². The van der Waals surface area contributed by atoms with Crippen LogP contribution >= 0.6 is 0 Å². The number of ether oxygens (including phenoxy) is 2. The van der Waals surface area contributed by atoms with Crippen LogP contribution in [-0.4, -0.2) is 29.9 Å². The lowest BCUT2D eigenvalue weighted by molar-refractivity contribution is 0.348. The number of hydrogen-bond acceptors (Lipinski definition) is 6. The first-order valence-corrected chi connectivity index (χ1v) is 6.26. The van der Waals surface area contributed by atoms with Crippen molar-refractivity contribution >= 4 is 0 Å². The highest BCUT2D eigenvalue weighted by atomic mass is 16.5. The summed E-state index contributed by atoms with van der Waals surface area (Å²) in [5.74, 6) is 2.34. The van der Waals surface area contributed by atoms with Crippen LogP contribution in [0.2, 0.25) is 0 Å². The molecule has 1 heterocycles. The molecule has 0 aliphatic rings. The molecule has 0 amide bonds. The average molecular weight is 277 g/mol. The van der Waals surface area contributed by atoms with Crippen LogP contribution in [-0.2, 0) is 6.42 Å². The summed E-state index contributed by atoms with van der Waals surface area (Å²) < 4.78 is 15.7. The maximum absolute atomic E-state index is 5.94. The van der Waals surface area contributed by atoms with Crippen LogP contribution < -0.4 is 15.2 Å². The van der Waals surface area contributed by atoms with E-state index >= 15 is 0 Å². The Balaban J connectivity index is 2.32. The Bertz CT molecular complexity index is 565. The Morgan fingerprint density at radius 1 is 1.15 bits per heavy atom. The van der Waals surface area contributed by atoms with Crippen molar-refractivity contribution in [3.05, 3.63) is 24.1 Å². The summed E-state index contributed by atoms with van der Waals surface area (Å²) in [6, 6.07) is 5.43. The van der Waals surface area contributed by atoms with Gasteiger partial charge < -0.3 is 19.7 Å². The molecule has 0 saturated heterocycles. The molecule has 2 N–H and O–H groups in total. The monoisotopic (exact) mass is 277 g/mol. The van der Waals surface area contributed by atoms with Gasteiger partial charge in [0.1, 0.15) is 11.5 Å². The molecule has 1 aromatic heterocycles. The summed E-state index contributed by atoms with van der Waals surface area (Å²) in [6.07, 6.45) is 0.515. The van der Waals surface area contributed by atoms with E-state index in [2.05, 4.69) is 10.1 Å². The molecule has 0 aliphatic heterocycles. The minimum atomic E-state index is -0.393. The molecule has 6 heteroatoms. The molecule has 0 saturated carbocycles. The van der Waals surface area contributed by atoms with E-state index in [4.69, 9.17) is 19.7 Å². The van der Waals surface area contributed by atoms with Crippen molar-refractivity contribution in [1.29, 1.82) is 0 Å². The SMILES string of the molecule is COc1cc(OC)cc(-c2noc(CC(C)(C)N)n2)c1. The van der Waals surface area contributed by atoms with Gasteiger partial charge in [-0.15, -0.1) is 0 Å². The molecule has 0 radical (unpaired) electrons. The zero-order valence-electron chi connectivity index (χ0n) is 12.1. The van der Waals surface area contributed by atoms with Gasteiger partial charge in [-0.1, -0.05) is 5.16 Å². The molecular weight excluding hydrogens is 258 g/mol. The summed E-state index contributed by atoms with van der Waals surface area (Å²) in [7, 11) is 3.19. The normalized spacial score (nSPS) is 11.4. The number of aromatic nitrogens is 2. The van der Waals surface area contributed by atoms with Crippen LogP contribution in [0.4, 0.5) is 0 Å². The van der Waals surface area contributed by atoms with Crippen molar-refractivity contribution in [3.8, 4) is 22.9 Å². The van der Waals surface area contributed by atoms with E-state index in [-0.39, 0.29) is 0 Å². The summed E-state index contributed by atoms with van der Waals surface area (Å²) >= 11 is 0. The lowest BCUT2D eigenvalue weighted by atomic mass is 10.0. The molecule has 0 atom stereocenters. The lowest BCUT2D eigenvalue weighted by Crippen LogP contribution is -2.34. The molecule has 0 aliphatic carbocycles. The van der Waals surface area contributed by atoms with E-state index in [0.29, 0.717) is 29.6 Å². The Hall–Kier alpha value is -2.08. The molecule has 2 rings (SSSR count). The van der Waals surface area contributed by atoms with E-state index in [1.807, 2.05) is 26.0 Å². The van der Waals surface area contributed by atoms with Crippen molar-refractivity contribution in [2.75, 3.05) is 14.2 Å². The van der Waals surface area contributed by atoms with Crippen molar-refractivity contribution in [3.63, 3.8) is 0 Å². The van der Waals surface area contributed by atoms with Crippen LogP contribution in [0.25, 0.3) is 11.4 Å². The summed E-state index contributed by atoms with van der Waals surface area (Å²) in [6.45, 7) is 3.82. The van der Waals surface area contributed by atoms with E-state index in [1.54, 1.807) is 20.3 Å². The van der Waals surface area contributed by atoms with E-state index in [9.17, 15) is 0 Å². The predicted molar refractivity (Wildman–Crippen MR) is 74.8 cm³/mol. The molecule has 6 nitrogen and oxygen atoms in total. The third kappa shape index (κ3) is 3.48. The molecule has 0 bridgehead atoms. The number of hydrogen-bond donors (Lipinski definition) is 1. The molecule has 108 valence electrons. The minimum absolute atomic E-state index is 0.393. The Kier molecular flexibility index (Phi) is 3.94. The first kappa shape index (κ1) is 14.3. The zero-order chi connectivity index (χ0) is 14.8. The van der Waals surface area contributed by atoms with Gasteiger partial charge in [-0.2, -0.15) is 4.98 Å². The molecule has 0 fully saturated rings. The van der Waals surface area contributed by atoms with Crippen LogP contribution in [0.3, 0.4) is 0 Å². The molecular formula is C14H19N3O3. The third-order valence-corrected chi connectivity index (χ3v) is 2.68. The van der Waals surface area contributed by atoms with Crippen LogP contribution in [0.15, 0.2) is 22.7 Å². The van der Waals surface area contributed by atoms with E-state index in [0.717, 1.165) is 5.56 Å². The van der Waals surface area contributed by atoms with Crippen molar-refractivity contribution in [2.24, 2.45) is 5.73 Å². The second kappa shape index (κ2) is 5.50. The highest BCUT2D eigenvalue weighted by molar-refractivity contribution is 5.60. The van der Waals surface area contributed by atoms with Gasteiger partial charge in [-0.05, 0) is 26.0 Å². The van der Waals surface area contributed by atoms with Crippen LogP contribution in [0.1, 0.15) is 19.7 Å². The Morgan fingerprint density at radius 3 is 2.25 bits per heavy atom. The number of nitrogens with zero attached hydrogens (tertiary/aromatic N) is 2. The Morgan fingerprint density at radius 2 is 1.75 bits per heavy atom. The van der Waals surface area contributed by atoms with Crippen LogP contribution in [0.5, 0.6) is 11.5 Å². The van der Waals surface area contributed by atoms with Gasteiger partial charge in [-0.25, -0.2) is 0 Å². The maximum Gasteiger partial charge on any atom is 0.228 e. The molecule has 1 aromatic carbocycles. The number of benzene rings is 1. The van der Waals surface area contributed by atoms with E-state index in [1.165, 1.54) is 0 Å². The number of rotatable bonds is 5. The Labute approximate surface area is 117 Å². The fourth-order valence-electron chi connectivity index (χ4n) is 1.77. The minimum Gasteiger partial charge on any atom is -0.497 e. The van der Waals surface area contributed by atoms with Crippen LogP contribution in [0, 0.1) is 0 Å². The number of methoxy groups -OCH3 is 2. The number of nitrogens with two attached hydrogens (primary N) is 1. The molecule has 0 spiro atoms. The topological polar surface area (TPSA) is 83.4 Å². The quantitative estimate of drug-likeness (QED) is 0.900. The van der Waals surface area contributed by atoms with Gasteiger partial charge in [0, 0.05) is 23.6 Å². The second-order valence-electron chi connectivity index (χ2n) is 5.28. The van der Waals surface area contributed by atoms with Crippen molar-refractivity contribution < 1.29 is 14.0 Å². The largest absolute Gasteiger partial charge is 0.497 e. The summed E-state index contributed by atoms with van der Waals surface area (Å²) in [5.41, 5.74) is 6.32. The van der Waals surface area contributed by atoms with Gasteiger partial charge in [0.15, 0.2) is 0 Å². The smallest absolute Gasteiger partial charge is 0.228 e. The molecule has 20 heavy (non-hydrogen) atoms. The fourth-order valence-corrected chi connectivity index (χ4v) is 1.77. The lowest BCUT2D eigenvalue weighted by Gasteiger charge is -2.14. The van der Waals surface area contributed by atoms with Gasteiger partial charge >= 0.3 is 0 Å². The highest BCUT2D eigenvalue weighted by Gasteiger charge is 2.18. The van der Waals surface area contributed by atoms with E-state index < -0.39 is 5.54 Å². The van der Waals surface area contributed by atoms with Gasteiger partial charge in [0.05, 0.1) is 14.2 Å². The summed E-state index contributed by atoms with van der Waals surface area (Å²) in [4.78, 5) is 4.35. The van der Waals surface area contributed by atoms with Crippen molar-refractivity contribution in [1.82, 2.24) is 10.1 Å². The van der Waals surface area contributed by atoms with Gasteiger partial charge in [0.25, 0.3) is 0 Å². The third-order valence-electron chi connectivity index (χ3n) is 2.68. The average Bonchev–Trinajstić information content (AvgIpc) is 2.84. The second-order valence-corrected chi connectivity index (χ2v) is 5.28. The maximum atomic E-state index is 5.94. The first-order valence-electron chi connectivity index (χ1n) is 6.26. The first-order chi connectivity index (χ1) is 9.41. The fraction of sp³-hybridized carbons (Fsp3) is 0.429. The molecule has 2 aromatic rings. The van der Waals surface area contributed by atoms with Gasteiger partial charge in [0.2, 0.25) is 11.7 Å². The zero-order valence-corrected chi connectivity index (χ0v) is 12.1. The van der Waals surface area contributed by atoms with Gasteiger partial charge in [-0.3, -0.25) is 0 Å². The molecule has 0 unspecified atom stereocenters. The summed E-state index contributed by atoms with van der Waals surface area (Å²) in [5, 5.41) is 3.97. The standard InChI is InChI=1S/C14H19N3O3/c1-14(2,15)8-12-16-13(17-20-12)9-5-10(18-3)7-11(6-9)19-4/h5-7H,8,15H2,1-4H3. The highest BCUT2D eigenvalue weighted by Crippen LogP contribution is 2.28. The predicted octanol–water partition coefficient (Wildman–Crippen LogP) is 2.03.